The molecule has 0 aliphatic carbocycles. The van der Waals surface area contributed by atoms with Crippen LogP contribution in [0.1, 0.15) is 27.6 Å². The van der Waals surface area contributed by atoms with Crippen LogP contribution in [0.15, 0.2) is 42.5 Å². The highest BCUT2D eigenvalue weighted by atomic mass is 19.1. The summed E-state index contributed by atoms with van der Waals surface area (Å²) in [5, 5.41) is 2.41. The second-order valence-electron chi connectivity index (χ2n) is 5.79. The van der Waals surface area contributed by atoms with E-state index in [0.29, 0.717) is 11.5 Å². The van der Waals surface area contributed by atoms with Crippen LogP contribution in [-0.2, 0) is 9.53 Å². The number of rotatable bonds is 8. The van der Waals surface area contributed by atoms with Crippen molar-refractivity contribution in [1.29, 1.82) is 0 Å². The molecule has 1 N–H and O–H groups in total. The van der Waals surface area contributed by atoms with E-state index < -0.39 is 36.1 Å². The monoisotopic (exact) mass is 389 g/mol. The largest absolute Gasteiger partial charge is 0.497 e. The molecule has 0 saturated carbocycles. The lowest BCUT2D eigenvalue weighted by Gasteiger charge is -2.13. The van der Waals surface area contributed by atoms with Gasteiger partial charge in [-0.3, -0.25) is 14.4 Å². The minimum absolute atomic E-state index is 0.217. The molecule has 148 valence electrons. The van der Waals surface area contributed by atoms with Crippen molar-refractivity contribution in [3.05, 3.63) is 59.4 Å². The van der Waals surface area contributed by atoms with E-state index in [4.69, 9.17) is 14.2 Å². The Balaban J connectivity index is 1.92. The fourth-order valence-corrected chi connectivity index (χ4v) is 2.33. The predicted octanol–water partition coefficient (Wildman–Crippen LogP) is 2.39. The number of carbonyl (C=O) groups is 3. The number of Topliss-reactive ketones (excluding diaryl/α,β-unsaturated/α-hetero) is 1. The molecule has 0 spiro atoms. The number of amides is 1. The molecule has 7 nitrogen and oxygen atoms in total. The van der Waals surface area contributed by atoms with Gasteiger partial charge in [0.1, 0.15) is 23.9 Å². The SMILES string of the molecule is COc1cc(OC)cc(C(=O)NCC(=O)O[C@@H](C)C(=O)c2ccc(F)cc2)c1. The molecule has 1 atom stereocenters. The normalized spacial score (nSPS) is 11.3. The summed E-state index contributed by atoms with van der Waals surface area (Å²) < 4.78 is 28.1. The zero-order chi connectivity index (χ0) is 20.7. The summed E-state index contributed by atoms with van der Waals surface area (Å²) in [7, 11) is 2.90. The first-order chi connectivity index (χ1) is 13.3. The summed E-state index contributed by atoms with van der Waals surface area (Å²) in [6, 6.07) is 9.48. The van der Waals surface area contributed by atoms with Crippen molar-refractivity contribution in [1.82, 2.24) is 5.32 Å². The lowest BCUT2D eigenvalue weighted by molar-refractivity contribution is -0.145. The van der Waals surface area contributed by atoms with Crippen LogP contribution in [0.5, 0.6) is 11.5 Å². The molecular weight excluding hydrogens is 369 g/mol. The van der Waals surface area contributed by atoms with Crippen molar-refractivity contribution in [2.75, 3.05) is 20.8 Å². The van der Waals surface area contributed by atoms with Crippen LogP contribution < -0.4 is 14.8 Å². The molecule has 0 heterocycles. The summed E-state index contributed by atoms with van der Waals surface area (Å²) in [5.41, 5.74) is 0.452. The highest BCUT2D eigenvalue weighted by molar-refractivity contribution is 6.00. The average Bonchev–Trinajstić information content (AvgIpc) is 2.71. The van der Waals surface area contributed by atoms with Gasteiger partial charge in [0.2, 0.25) is 5.78 Å². The Morgan fingerprint density at radius 2 is 1.54 bits per heavy atom. The molecule has 2 rings (SSSR count). The maximum absolute atomic E-state index is 12.9. The predicted molar refractivity (Wildman–Crippen MR) is 98.2 cm³/mol. The lowest BCUT2D eigenvalue weighted by atomic mass is 10.1. The first kappa shape index (κ1) is 20.9. The van der Waals surface area contributed by atoms with Gasteiger partial charge in [-0.2, -0.15) is 0 Å². The molecule has 28 heavy (non-hydrogen) atoms. The number of benzene rings is 2. The smallest absolute Gasteiger partial charge is 0.326 e. The Kier molecular flexibility index (Phi) is 7.08. The van der Waals surface area contributed by atoms with Crippen molar-refractivity contribution >= 4 is 17.7 Å². The van der Waals surface area contributed by atoms with E-state index in [1.807, 2.05) is 0 Å². The molecule has 0 aliphatic heterocycles. The molecule has 0 aromatic heterocycles. The lowest BCUT2D eigenvalue weighted by Crippen LogP contribution is -2.34. The topological polar surface area (TPSA) is 90.9 Å². The number of hydrogen-bond acceptors (Lipinski definition) is 6. The van der Waals surface area contributed by atoms with E-state index in [1.54, 1.807) is 6.07 Å². The fourth-order valence-electron chi connectivity index (χ4n) is 2.33. The van der Waals surface area contributed by atoms with Crippen LogP contribution in [0, 0.1) is 5.82 Å². The van der Waals surface area contributed by atoms with Crippen molar-refractivity contribution < 1.29 is 33.0 Å². The van der Waals surface area contributed by atoms with Gasteiger partial charge in [0, 0.05) is 17.2 Å². The van der Waals surface area contributed by atoms with Gasteiger partial charge in [-0.25, -0.2) is 4.39 Å². The molecule has 0 unspecified atom stereocenters. The number of nitrogens with one attached hydrogen (secondary N) is 1. The van der Waals surface area contributed by atoms with Crippen molar-refractivity contribution in [2.24, 2.45) is 0 Å². The van der Waals surface area contributed by atoms with E-state index in [-0.39, 0.29) is 11.1 Å². The van der Waals surface area contributed by atoms with Gasteiger partial charge in [-0.15, -0.1) is 0 Å². The minimum atomic E-state index is -1.08. The minimum Gasteiger partial charge on any atom is -0.497 e. The van der Waals surface area contributed by atoms with Gasteiger partial charge in [-0.1, -0.05) is 0 Å². The van der Waals surface area contributed by atoms with E-state index in [1.165, 1.54) is 45.4 Å². The van der Waals surface area contributed by atoms with Crippen molar-refractivity contribution in [3.63, 3.8) is 0 Å². The highest BCUT2D eigenvalue weighted by Gasteiger charge is 2.20. The van der Waals surface area contributed by atoms with Crippen LogP contribution in [-0.4, -0.2) is 44.5 Å². The second-order valence-corrected chi connectivity index (χ2v) is 5.79. The second kappa shape index (κ2) is 9.50. The van der Waals surface area contributed by atoms with E-state index in [0.717, 1.165) is 12.1 Å². The molecule has 2 aromatic carbocycles. The number of esters is 1. The summed E-state index contributed by atoms with van der Waals surface area (Å²) in [4.78, 5) is 36.3. The number of halogens is 1. The maximum Gasteiger partial charge on any atom is 0.326 e. The van der Waals surface area contributed by atoms with Crippen molar-refractivity contribution in [2.45, 2.75) is 13.0 Å². The van der Waals surface area contributed by atoms with Crippen LogP contribution in [0.25, 0.3) is 0 Å². The van der Waals surface area contributed by atoms with Crippen LogP contribution in [0.3, 0.4) is 0 Å². The third-order valence-corrected chi connectivity index (χ3v) is 3.81. The zero-order valence-corrected chi connectivity index (χ0v) is 15.7. The Bertz CT molecular complexity index is 843. The molecule has 1 amide bonds. The van der Waals surface area contributed by atoms with Gasteiger partial charge in [0.15, 0.2) is 6.10 Å². The van der Waals surface area contributed by atoms with Gasteiger partial charge < -0.3 is 19.5 Å². The van der Waals surface area contributed by atoms with E-state index in [2.05, 4.69) is 5.32 Å². The Labute approximate surface area is 161 Å². The zero-order valence-electron chi connectivity index (χ0n) is 15.7. The number of carbonyl (C=O) groups excluding carboxylic acids is 3. The van der Waals surface area contributed by atoms with Gasteiger partial charge in [-0.05, 0) is 43.3 Å². The fraction of sp³-hybridized carbons (Fsp3) is 0.250. The van der Waals surface area contributed by atoms with Gasteiger partial charge >= 0.3 is 5.97 Å². The standard InChI is InChI=1S/C20H20FNO6/c1-12(19(24)13-4-6-15(21)7-5-13)28-18(23)11-22-20(25)14-8-16(26-2)10-17(9-14)27-3/h4-10,12H,11H2,1-3H3,(H,22,25)/t12-/m0/s1. The van der Waals surface area contributed by atoms with Gasteiger partial charge in [0.05, 0.1) is 14.2 Å². The van der Waals surface area contributed by atoms with Crippen molar-refractivity contribution in [3.8, 4) is 11.5 Å². The average molecular weight is 389 g/mol. The molecular formula is C20H20FNO6. The quantitative estimate of drug-likeness (QED) is 0.551. The van der Waals surface area contributed by atoms with Crippen LogP contribution >= 0.6 is 0 Å². The summed E-state index contributed by atoms with van der Waals surface area (Å²) in [5.74, 6) is -1.43. The molecule has 2 aromatic rings. The number of ketones is 1. The Morgan fingerprint density at radius 1 is 0.964 bits per heavy atom. The molecule has 0 aliphatic rings. The number of ether oxygens (including phenoxy) is 3. The summed E-state index contributed by atoms with van der Waals surface area (Å²) in [6.07, 6.45) is -1.08. The number of methoxy groups -OCH3 is 2. The molecule has 0 bridgehead atoms. The first-order valence-corrected chi connectivity index (χ1v) is 8.34. The maximum atomic E-state index is 12.9. The van der Waals surface area contributed by atoms with Crippen LogP contribution in [0.4, 0.5) is 4.39 Å². The third-order valence-electron chi connectivity index (χ3n) is 3.81. The third kappa shape index (κ3) is 5.54. The molecule has 0 radical (unpaired) electrons. The van der Waals surface area contributed by atoms with Gasteiger partial charge in [0.25, 0.3) is 5.91 Å². The number of hydrogen-bond donors (Lipinski definition) is 1. The Morgan fingerprint density at radius 3 is 2.07 bits per heavy atom. The Hall–Kier alpha value is -3.42. The molecule has 0 fully saturated rings. The summed E-state index contributed by atoms with van der Waals surface area (Å²) >= 11 is 0. The highest BCUT2D eigenvalue weighted by Crippen LogP contribution is 2.22. The summed E-state index contributed by atoms with van der Waals surface area (Å²) in [6.45, 7) is 0.970. The van der Waals surface area contributed by atoms with E-state index in [9.17, 15) is 18.8 Å². The van der Waals surface area contributed by atoms with E-state index >= 15 is 0 Å². The molecule has 8 heteroatoms. The van der Waals surface area contributed by atoms with Crippen LogP contribution in [0.2, 0.25) is 0 Å². The molecule has 0 saturated heterocycles. The first-order valence-electron chi connectivity index (χ1n) is 8.34.